The van der Waals surface area contributed by atoms with Gasteiger partial charge in [0.25, 0.3) is 0 Å². The number of thioether (sulfide) groups is 1. The van der Waals surface area contributed by atoms with Crippen LogP contribution in [0.15, 0.2) is 58.2 Å². The van der Waals surface area contributed by atoms with E-state index < -0.39 is 0 Å². The molecule has 2 aromatic carbocycles. The van der Waals surface area contributed by atoms with E-state index in [-0.39, 0.29) is 0 Å². The van der Waals surface area contributed by atoms with Crippen molar-refractivity contribution < 1.29 is 14.0 Å². The van der Waals surface area contributed by atoms with Crippen LogP contribution in [0.1, 0.15) is 11.7 Å². The fraction of sp³-hybridized carbons (Fsp3) is 0.200. The summed E-state index contributed by atoms with van der Waals surface area (Å²) in [6.45, 7) is 1.92. The second-order valence-electron chi connectivity index (χ2n) is 6.07. The van der Waals surface area contributed by atoms with Gasteiger partial charge in [0, 0.05) is 11.8 Å². The van der Waals surface area contributed by atoms with Crippen LogP contribution >= 0.6 is 11.8 Å². The first-order valence-corrected chi connectivity index (χ1v) is 9.83. The Bertz CT molecular complexity index is 1110. The molecule has 4 aromatic rings. The zero-order valence-corrected chi connectivity index (χ0v) is 17.0. The van der Waals surface area contributed by atoms with E-state index in [2.05, 4.69) is 20.3 Å². The highest BCUT2D eigenvalue weighted by atomic mass is 32.2. The predicted octanol–water partition coefficient (Wildman–Crippen LogP) is 3.94. The molecule has 4 rings (SSSR count). The van der Waals surface area contributed by atoms with Gasteiger partial charge in [-0.05, 0) is 31.2 Å². The SMILES string of the molecule is COc1ccc(-c2noc(CSc3nnc(C)n3-c3ccccc3)n2)c(OC)c1. The Hall–Kier alpha value is -3.33. The fourth-order valence-corrected chi connectivity index (χ4v) is 3.68. The number of ether oxygens (including phenoxy) is 2. The first-order valence-electron chi connectivity index (χ1n) is 8.85. The lowest BCUT2D eigenvalue weighted by molar-refractivity contribution is 0.388. The fourth-order valence-electron chi connectivity index (χ4n) is 2.84. The van der Waals surface area contributed by atoms with Crippen LogP contribution in [-0.4, -0.2) is 39.1 Å². The monoisotopic (exact) mass is 409 g/mol. The molecule has 0 aliphatic heterocycles. The summed E-state index contributed by atoms with van der Waals surface area (Å²) in [7, 11) is 3.20. The van der Waals surface area contributed by atoms with Crippen LogP contribution in [0.3, 0.4) is 0 Å². The number of benzene rings is 2. The molecule has 0 aliphatic carbocycles. The van der Waals surface area contributed by atoms with Crippen molar-refractivity contribution in [3.05, 3.63) is 60.2 Å². The number of para-hydroxylation sites is 1. The van der Waals surface area contributed by atoms with Gasteiger partial charge in [0.1, 0.15) is 17.3 Å². The third-order valence-corrected chi connectivity index (χ3v) is 5.17. The number of nitrogens with zero attached hydrogens (tertiary/aromatic N) is 5. The van der Waals surface area contributed by atoms with Crippen LogP contribution in [0.25, 0.3) is 17.1 Å². The number of hydrogen-bond acceptors (Lipinski definition) is 8. The minimum atomic E-state index is 0.459. The van der Waals surface area contributed by atoms with Crippen molar-refractivity contribution >= 4 is 11.8 Å². The van der Waals surface area contributed by atoms with Crippen molar-refractivity contribution in [3.63, 3.8) is 0 Å². The van der Waals surface area contributed by atoms with Gasteiger partial charge in [0.05, 0.1) is 25.5 Å². The van der Waals surface area contributed by atoms with E-state index in [1.54, 1.807) is 20.3 Å². The van der Waals surface area contributed by atoms with E-state index in [4.69, 9.17) is 14.0 Å². The number of aryl methyl sites for hydroxylation is 1. The van der Waals surface area contributed by atoms with E-state index in [1.807, 2.05) is 54.0 Å². The lowest BCUT2D eigenvalue weighted by Crippen LogP contribution is -1.99. The Morgan fingerprint density at radius 1 is 1.03 bits per heavy atom. The van der Waals surface area contributed by atoms with E-state index in [0.29, 0.717) is 29.0 Å². The van der Waals surface area contributed by atoms with Gasteiger partial charge in [-0.25, -0.2) is 0 Å². The minimum Gasteiger partial charge on any atom is -0.497 e. The van der Waals surface area contributed by atoms with Crippen LogP contribution in [0.4, 0.5) is 0 Å². The molecule has 29 heavy (non-hydrogen) atoms. The van der Waals surface area contributed by atoms with Gasteiger partial charge in [-0.2, -0.15) is 4.98 Å². The molecule has 2 aromatic heterocycles. The van der Waals surface area contributed by atoms with Crippen molar-refractivity contribution in [2.75, 3.05) is 14.2 Å². The summed E-state index contributed by atoms with van der Waals surface area (Å²) in [4.78, 5) is 4.49. The van der Waals surface area contributed by atoms with E-state index in [0.717, 1.165) is 22.2 Å². The van der Waals surface area contributed by atoms with Crippen LogP contribution < -0.4 is 9.47 Å². The maximum Gasteiger partial charge on any atom is 0.237 e. The first kappa shape index (κ1) is 19.0. The minimum absolute atomic E-state index is 0.459. The smallest absolute Gasteiger partial charge is 0.237 e. The largest absolute Gasteiger partial charge is 0.497 e. The molecule has 2 heterocycles. The van der Waals surface area contributed by atoms with E-state index in [1.165, 1.54) is 11.8 Å². The maximum absolute atomic E-state index is 5.42. The van der Waals surface area contributed by atoms with Crippen LogP contribution in [-0.2, 0) is 5.75 Å². The van der Waals surface area contributed by atoms with Crippen molar-refractivity contribution in [3.8, 4) is 28.6 Å². The first-order chi connectivity index (χ1) is 14.2. The van der Waals surface area contributed by atoms with Gasteiger partial charge >= 0.3 is 0 Å². The third kappa shape index (κ3) is 3.95. The molecule has 0 saturated carbocycles. The Morgan fingerprint density at radius 2 is 1.86 bits per heavy atom. The summed E-state index contributed by atoms with van der Waals surface area (Å²) >= 11 is 1.48. The summed E-state index contributed by atoms with van der Waals surface area (Å²) in [6.07, 6.45) is 0. The highest BCUT2D eigenvalue weighted by molar-refractivity contribution is 7.98. The Morgan fingerprint density at radius 3 is 2.62 bits per heavy atom. The average Bonchev–Trinajstić information content (AvgIpc) is 3.38. The molecule has 0 N–H and O–H groups in total. The highest BCUT2D eigenvalue weighted by Gasteiger charge is 2.17. The summed E-state index contributed by atoms with van der Waals surface area (Å²) in [5.41, 5.74) is 1.74. The normalized spacial score (nSPS) is 10.9. The zero-order chi connectivity index (χ0) is 20.2. The van der Waals surface area contributed by atoms with Crippen LogP contribution in [0, 0.1) is 6.92 Å². The van der Waals surface area contributed by atoms with Gasteiger partial charge in [-0.15, -0.1) is 10.2 Å². The second kappa shape index (κ2) is 8.36. The lowest BCUT2D eigenvalue weighted by atomic mass is 10.2. The molecule has 0 atom stereocenters. The summed E-state index contributed by atoms with van der Waals surface area (Å²) in [6, 6.07) is 15.4. The second-order valence-corrected chi connectivity index (χ2v) is 7.01. The number of hydrogen-bond donors (Lipinski definition) is 0. The molecule has 148 valence electrons. The van der Waals surface area contributed by atoms with Gasteiger partial charge in [0.2, 0.25) is 11.7 Å². The van der Waals surface area contributed by atoms with Crippen molar-refractivity contribution in [1.82, 2.24) is 24.9 Å². The summed E-state index contributed by atoms with van der Waals surface area (Å²) in [5.74, 6) is 3.54. The summed E-state index contributed by atoms with van der Waals surface area (Å²) < 4.78 is 18.1. The molecule has 0 amide bonds. The van der Waals surface area contributed by atoms with E-state index in [9.17, 15) is 0 Å². The molecule has 0 spiro atoms. The molecule has 9 heteroatoms. The van der Waals surface area contributed by atoms with Crippen LogP contribution in [0.2, 0.25) is 0 Å². The third-order valence-electron chi connectivity index (χ3n) is 4.25. The molecular formula is C20H19N5O3S. The highest BCUT2D eigenvalue weighted by Crippen LogP contribution is 2.32. The number of methoxy groups -OCH3 is 2. The van der Waals surface area contributed by atoms with Gasteiger partial charge in [-0.1, -0.05) is 35.1 Å². The van der Waals surface area contributed by atoms with Gasteiger partial charge < -0.3 is 14.0 Å². The molecule has 0 saturated heterocycles. The van der Waals surface area contributed by atoms with Crippen molar-refractivity contribution in [2.24, 2.45) is 0 Å². The standard InChI is InChI=1S/C20H19N5O3S/c1-13-22-23-20(25(13)14-7-5-4-6-8-14)29-12-18-21-19(24-28-18)16-10-9-15(26-2)11-17(16)27-3/h4-11H,12H2,1-3H3. The van der Waals surface area contributed by atoms with Gasteiger partial charge in [0.15, 0.2) is 5.16 Å². The Labute approximate surface area is 171 Å². The molecule has 0 unspecified atom stereocenters. The molecule has 0 aliphatic rings. The van der Waals surface area contributed by atoms with E-state index >= 15 is 0 Å². The van der Waals surface area contributed by atoms with Crippen molar-refractivity contribution in [2.45, 2.75) is 17.8 Å². The quantitative estimate of drug-likeness (QED) is 0.424. The molecule has 0 radical (unpaired) electrons. The Balaban J connectivity index is 1.53. The predicted molar refractivity (Wildman–Crippen MR) is 108 cm³/mol. The number of aromatic nitrogens is 5. The topological polar surface area (TPSA) is 88.1 Å². The summed E-state index contributed by atoms with van der Waals surface area (Å²) in [5, 5.41) is 13.3. The average molecular weight is 409 g/mol. The van der Waals surface area contributed by atoms with Crippen molar-refractivity contribution in [1.29, 1.82) is 0 Å². The molecule has 0 bridgehead atoms. The lowest BCUT2D eigenvalue weighted by Gasteiger charge is -2.07. The van der Waals surface area contributed by atoms with Crippen LogP contribution in [0.5, 0.6) is 11.5 Å². The zero-order valence-electron chi connectivity index (χ0n) is 16.2. The number of rotatable bonds is 7. The van der Waals surface area contributed by atoms with Gasteiger partial charge in [-0.3, -0.25) is 4.57 Å². The molecular weight excluding hydrogens is 390 g/mol. The Kier molecular flexibility index (Phi) is 5.48. The molecule has 0 fully saturated rings. The molecule has 8 nitrogen and oxygen atoms in total. The maximum atomic E-state index is 5.42.